The van der Waals surface area contributed by atoms with E-state index in [9.17, 15) is 0 Å². The molecule has 1 aliphatic heterocycles. The number of ether oxygens (including phenoxy) is 4. The first-order valence-electron chi connectivity index (χ1n) is 8.70. The van der Waals surface area contributed by atoms with Gasteiger partial charge in [-0.25, -0.2) is 9.67 Å². The van der Waals surface area contributed by atoms with E-state index in [2.05, 4.69) is 26.0 Å². The molecule has 0 amide bonds. The Morgan fingerprint density at radius 1 is 1.26 bits per heavy atom. The molecule has 4 rings (SSSR count). The molecule has 0 aliphatic carbocycles. The summed E-state index contributed by atoms with van der Waals surface area (Å²) in [4.78, 5) is 4.52. The van der Waals surface area contributed by atoms with E-state index in [0.29, 0.717) is 38.9 Å². The van der Waals surface area contributed by atoms with E-state index < -0.39 is 0 Å². The van der Waals surface area contributed by atoms with Crippen LogP contribution in [0.1, 0.15) is 5.56 Å². The molecule has 1 aliphatic rings. The number of rotatable bonds is 6. The largest absolute Gasteiger partial charge is 0.497 e. The third-order valence-electron chi connectivity index (χ3n) is 4.30. The predicted octanol–water partition coefficient (Wildman–Crippen LogP) is 3.04. The van der Waals surface area contributed by atoms with Gasteiger partial charge in [0, 0.05) is 10.7 Å². The summed E-state index contributed by atoms with van der Waals surface area (Å²) < 4.78 is 24.9. The van der Waals surface area contributed by atoms with Gasteiger partial charge in [0.25, 0.3) is 0 Å². The zero-order chi connectivity index (χ0) is 18.6. The zero-order valence-corrected chi connectivity index (χ0v) is 16.5. The summed E-state index contributed by atoms with van der Waals surface area (Å²) in [6.45, 7) is 2.73. The van der Waals surface area contributed by atoms with Crippen LogP contribution < -0.4 is 9.47 Å². The topological polar surface area (TPSA) is 67.6 Å². The first-order valence-corrected chi connectivity index (χ1v) is 9.49. The molecule has 142 valence electrons. The van der Waals surface area contributed by atoms with Crippen LogP contribution in [-0.2, 0) is 16.0 Å². The number of fused-ring (bicyclic) bond motifs is 1. The highest BCUT2D eigenvalue weighted by Gasteiger charge is 2.19. The summed E-state index contributed by atoms with van der Waals surface area (Å²) >= 11 is 3.47. The molecule has 0 saturated carbocycles. The lowest BCUT2D eigenvalue weighted by Crippen LogP contribution is -2.33. The Labute approximate surface area is 165 Å². The highest BCUT2D eigenvalue weighted by atomic mass is 79.9. The monoisotopic (exact) mass is 433 g/mol. The van der Waals surface area contributed by atoms with Gasteiger partial charge in [0.15, 0.2) is 5.65 Å². The van der Waals surface area contributed by atoms with E-state index in [-0.39, 0.29) is 6.10 Å². The molecule has 0 radical (unpaired) electrons. The fourth-order valence-electron chi connectivity index (χ4n) is 2.93. The number of pyridine rings is 1. The van der Waals surface area contributed by atoms with Crippen molar-refractivity contribution in [1.29, 1.82) is 0 Å². The molecule has 0 bridgehead atoms. The smallest absolute Gasteiger partial charge is 0.242 e. The second kappa shape index (κ2) is 8.24. The molecule has 1 aromatic carbocycles. The van der Waals surface area contributed by atoms with Gasteiger partial charge in [-0.05, 0) is 39.7 Å². The fourth-order valence-corrected chi connectivity index (χ4v) is 3.26. The number of hydrogen-bond donors (Lipinski definition) is 0. The lowest BCUT2D eigenvalue weighted by molar-refractivity contribution is -0.101. The van der Waals surface area contributed by atoms with E-state index in [1.54, 1.807) is 13.3 Å². The summed E-state index contributed by atoms with van der Waals surface area (Å²) in [5.41, 5.74) is 1.87. The lowest BCUT2D eigenvalue weighted by Gasteiger charge is -2.22. The molecule has 8 heteroatoms. The van der Waals surface area contributed by atoms with Crippen LogP contribution in [0.5, 0.6) is 11.6 Å². The van der Waals surface area contributed by atoms with Crippen LogP contribution in [-0.4, -0.2) is 54.4 Å². The summed E-state index contributed by atoms with van der Waals surface area (Å²) in [6.07, 6.45) is 1.68. The molecular weight excluding hydrogens is 414 g/mol. The molecule has 7 nitrogen and oxygen atoms in total. The van der Waals surface area contributed by atoms with Crippen molar-refractivity contribution < 1.29 is 18.9 Å². The van der Waals surface area contributed by atoms with Gasteiger partial charge in [-0.15, -0.1) is 5.10 Å². The summed E-state index contributed by atoms with van der Waals surface area (Å²) in [6, 6.07) is 9.86. The quantitative estimate of drug-likeness (QED) is 0.594. The fraction of sp³-hybridized carbons (Fsp3) is 0.368. The lowest BCUT2D eigenvalue weighted by atomic mass is 10.2. The first kappa shape index (κ1) is 18.2. The van der Waals surface area contributed by atoms with Gasteiger partial charge in [0.2, 0.25) is 5.88 Å². The molecule has 27 heavy (non-hydrogen) atoms. The molecule has 1 fully saturated rings. The van der Waals surface area contributed by atoms with Gasteiger partial charge in [0.05, 0.1) is 38.9 Å². The SMILES string of the molecule is COc1ccc(Cn2nc(OC[C@H]3COCCO3)c3cc(Br)cnc32)cc1. The maximum atomic E-state index is 5.95. The Kier molecular flexibility index (Phi) is 5.56. The Hall–Kier alpha value is -2.16. The van der Waals surface area contributed by atoms with Crippen LogP contribution in [0.4, 0.5) is 0 Å². The Bertz CT molecular complexity index is 907. The zero-order valence-electron chi connectivity index (χ0n) is 14.9. The van der Waals surface area contributed by atoms with Gasteiger partial charge in [-0.3, -0.25) is 0 Å². The number of methoxy groups -OCH3 is 1. The Morgan fingerprint density at radius 3 is 2.85 bits per heavy atom. The van der Waals surface area contributed by atoms with E-state index in [0.717, 1.165) is 26.8 Å². The van der Waals surface area contributed by atoms with Crippen molar-refractivity contribution in [1.82, 2.24) is 14.8 Å². The molecule has 0 unspecified atom stereocenters. The minimum atomic E-state index is -0.0827. The molecular formula is C19H20BrN3O4. The van der Waals surface area contributed by atoms with Gasteiger partial charge >= 0.3 is 0 Å². The second-order valence-electron chi connectivity index (χ2n) is 6.21. The molecule has 2 aromatic heterocycles. The van der Waals surface area contributed by atoms with Crippen molar-refractivity contribution >= 4 is 27.0 Å². The van der Waals surface area contributed by atoms with Gasteiger partial charge in [-0.2, -0.15) is 0 Å². The summed E-state index contributed by atoms with van der Waals surface area (Å²) in [5.74, 6) is 1.37. The van der Waals surface area contributed by atoms with Crippen molar-refractivity contribution in [2.45, 2.75) is 12.6 Å². The van der Waals surface area contributed by atoms with E-state index in [1.165, 1.54) is 0 Å². The van der Waals surface area contributed by atoms with E-state index >= 15 is 0 Å². The van der Waals surface area contributed by atoms with Crippen molar-refractivity contribution in [3.8, 4) is 11.6 Å². The minimum absolute atomic E-state index is 0.0827. The maximum absolute atomic E-state index is 5.95. The number of benzene rings is 1. The molecule has 3 aromatic rings. The van der Waals surface area contributed by atoms with Crippen LogP contribution in [0, 0.1) is 0 Å². The van der Waals surface area contributed by atoms with Crippen molar-refractivity contribution in [3.05, 3.63) is 46.6 Å². The molecule has 1 saturated heterocycles. The Morgan fingerprint density at radius 2 is 2.11 bits per heavy atom. The van der Waals surface area contributed by atoms with E-state index in [1.807, 2.05) is 35.0 Å². The number of nitrogens with zero attached hydrogens (tertiary/aromatic N) is 3. The first-order chi connectivity index (χ1) is 13.2. The maximum Gasteiger partial charge on any atom is 0.242 e. The van der Waals surface area contributed by atoms with Gasteiger partial charge in [0.1, 0.15) is 18.5 Å². The highest BCUT2D eigenvalue weighted by molar-refractivity contribution is 9.10. The van der Waals surface area contributed by atoms with E-state index in [4.69, 9.17) is 18.9 Å². The third-order valence-corrected chi connectivity index (χ3v) is 4.74. The van der Waals surface area contributed by atoms with Crippen LogP contribution >= 0.6 is 15.9 Å². The Balaban J connectivity index is 1.58. The van der Waals surface area contributed by atoms with Gasteiger partial charge < -0.3 is 18.9 Å². The van der Waals surface area contributed by atoms with Crippen LogP contribution in [0.3, 0.4) is 0 Å². The molecule has 1 atom stereocenters. The number of halogens is 1. The van der Waals surface area contributed by atoms with Crippen molar-refractivity contribution in [2.75, 3.05) is 33.5 Å². The van der Waals surface area contributed by atoms with Crippen molar-refractivity contribution in [2.24, 2.45) is 0 Å². The predicted molar refractivity (Wildman–Crippen MR) is 103 cm³/mol. The normalized spacial score (nSPS) is 17.2. The van der Waals surface area contributed by atoms with Gasteiger partial charge in [-0.1, -0.05) is 12.1 Å². The average molecular weight is 434 g/mol. The highest BCUT2D eigenvalue weighted by Crippen LogP contribution is 2.27. The summed E-state index contributed by atoms with van der Waals surface area (Å²) in [7, 11) is 1.66. The molecule has 3 heterocycles. The standard InChI is InChI=1S/C19H20BrN3O4/c1-24-15-4-2-13(3-5-15)10-23-18-17(8-14(20)9-21-18)19(22-23)27-12-16-11-25-6-7-26-16/h2-5,8-9,16H,6-7,10-12H2,1H3/t16-/m1/s1. The minimum Gasteiger partial charge on any atom is -0.497 e. The van der Waals surface area contributed by atoms with Crippen LogP contribution in [0.15, 0.2) is 41.0 Å². The summed E-state index contributed by atoms with van der Waals surface area (Å²) in [5, 5.41) is 5.49. The third kappa shape index (κ3) is 4.23. The van der Waals surface area contributed by atoms with Crippen molar-refractivity contribution in [3.63, 3.8) is 0 Å². The van der Waals surface area contributed by atoms with Crippen LogP contribution in [0.2, 0.25) is 0 Å². The molecule has 0 spiro atoms. The number of aromatic nitrogens is 3. The number of hydrogen-bond acceptors (Lipinski definition) is 6. The molecule has 0 N–H and O–H groups in total. The van der Waals surface area contributed by atoms with Crippen LogP contribution in [0.25, 0.3) is 11.0 Å². The average Bonchev–Trinajstić information content (AvgIpc) is 3.04. The second-order valence-corrected chi connectivity index (χ2v) is 7.13.